The van der Waals surface area contributed by atoms with Crippen LogP contribution in [0.2, 0.25) is 0 Å². The number of hydrogen-bond acceptors (Lipinski definition) is 7. The van der Waals surface area contributed by atoms with Gasteiger partial charge in [0.15, 0.2) is 5.75 Å². The molecule has 1 heterocycles. The number of benzene rings is 3. The highest BCUT2D eigenvalue weighted by molar-refractivity contribution is 5.99. The van der Waals surface area contributed by atoms with Gasteiger partial charge < -0.3 is 20.6 Å². The van der Waals surface area contributed by atoms with E-state index >= 15 is 0 Å². The molecule has 0 spiro atoms. The summed E-state index contributed by atoms with van der Waals surface area (Å²) in [6.45, 7) is 1.94. The molecular weight excluding hydrogens is 496 g/mol. The summed E-state index contributed by atoms with van der Waals surface area (Å²) in [6.07, 6.45) is 0.599. The molecule has 4 aromatic rings. The molecule has 198 valence electrons. The summed E-state index contributed by atoms with van der Waals surface area (Å²) < 4.78 is 1.09. The predicted octanol–water partition coefficient (Wildman–Crippen LogP) is 4.11. The number of carbonyl (C=O) groups is 1. The molecule has 1 unspecified atom stereocenters. The van der Waals surface area contributed by atoms with E-state index in [-0.39, 0.29) is 34.2 Å². The zero-order valence-electron chi connectivity index (χ0n) is 21.7. The topological polar surface area (TPSA) is 143 Å². The van der Waals surface area contributed by atoms with E-state index in [1.165, 1.54) is 31.1 Å². The lowest BCUT2D eigenvalue weighted by molar-refractivity contribution is 0.0824. The Labute approximate surface area is 224 Å². The number of H-pyrrole nitrogens is 1. The van der Waals surface area contributed by atoms with Gasteiger partial charge in [-0.2, -0.15) is 5.26 Å². The number of anilines is 3. The van der Waals surface area contributed by atoms with E-state index in [0.717, 1.165) is 10.2 Å². The lowest BCUT2D eigenvalue weighted by Crippen LogP contribution is -2.33. The first-order valence-electron chi connectivity index (χ1n) is 12.3. The molecule has 0 saturated heterocycles. The van der Waals surface area contributed by atoms with Crippen LogP contribution in [0.5, 0.6) is 5.75 Å². The lowest BCUT2D eigenvalue weighted by atomic mass is 10.0. The van der Waals surface area contributed by atoms with Gasteiger partial charge in [-0.3, -0.25) is 19.5 Å². The van der Waals surface area contributed by atoms with Crippen LogP contribution in [0.15, 0.2) is 82.4 Å². The summed E-state index contributed by atoms with van der Waals surface area (Å²) in [7, 11) is 3.03. The molecule has 4 rings (SSSR count). The van der Waals surface area contributed by atoms with Crippen molar-refractivity contribution >= 4 is 23.0 Å². The van der Waals surface area contributed by atoms with Gasteiger partial charge in [-0.05, 0) is 36.2 Å². The fraction of sp³-hybridized carbons (Fsp3) is 0.172. The third-order valence-corrected chi connectivity index (χ3v) is 6.19. The molecule has 0 radical (unpaired) electrons. The van der Waals surface area contributed by atoms with Gasteiger partial charge in [0.25, 0.3) is 17.0 Å². The molecule has 0 aliphatic carbocycles. The Morgan fingerprint density at radius 2 is 1.69 bits per heavy atom. The van der Waals surface area contributed by atoms with Crippen LogP contribution in [0.1, 0.15) is 40.9 Å². The Hall–Kier alpha value is -5.30. The Balaban J connectivity index is 1.93. The number of hydrogen-bond donors (Lipinski definition) is 4. The van der Waals surface area contributed by atoms with Crippen molar-refractivity contribution in [2.45, 2.75) is 19.4 Å². The summed E-state index contributed by atoms with van der Waals surface area (Å²) in [5, 5.41) is 29.2. The number of carbonyl (C=O) groups excluding carboxylic acids is 1. The second kappa shape index (κ2) is 11.4. The number of nitrogens with one attached hydrogen (secondary N) is 3. The van der Waals surface area contributed by atoms with E-state index in [2.05, 4.69) is 15.7 Å². The van der Waals surface area contributed by atoms with Crippen LogP contribution in [0.25, 0.3) is 5.69 Å². The molecule has 10 nitrogen and oxygen atoms in total. The molecule has 0 bridgehead atoms. The van der Waals surface area contributed by atoms with E-state index in [1.807, 2.05) is 43.3 Å². The minimum Gasteiger partial charge on any atom is -0.505 e. The van der Waals surface area contributed by atoms with Crippen LogP contribution in [0.3, 0.4) is 0 Å². The summed E-state index contributed by atoms with van der Waals surface area (Å²) in [5.74, 6) is -0.992. The van der Waals surface area contributed by atoms with Gasteiger partial charge in [0.05, 0.1) is 34.6 Å². The maximum atomic E-state index is 13.8. The number of amides is 1. The van der Waals surface area contributed by atoms with Crippen molar-refractivity contribution in [2.24, 2.45) is 0 Å². The van der Waals surface area contributed by atoms with Crippen LogP contribution < -0.4 is 21.8 Å². The second-order valence-electron chi connectivity index (χ2n) is 9.04. The van der Waals surface area contributed by atoms with Crippen LogP contribution in [-0.2, 0) is 0 Å². The first-order chi connectivity index (χ1) is 18.7. The van der Waals surface area contributed by atoms with Gasteiger partial charge in [-0.15, -0.1) is 0 Å². The van der Waals surface area contributed by atoms with E-state index in [4.69, 9.17) is 0 Å². The molecule has 3 aromatic carbocycles. The molecule has 1 amide bonds. The van der Waals surface area contributed by atoms with Crippen molar-refractivity contribution in [3.05, 3.63) is 110 Å². The smallest absolute Gasteiger partial charge is 0.295 e. The van der Waals surface area contributed by atoms with Crippen LogP contribution in [0, 0.1) is 11.3 Å². The van der Waals surface area contributed by atoms with Crippen molar-refractivity contribution in [2.75, 3.05) is 24.7 Å². The van der Waals surface area contributed by atoms with Crippen molar-refractivity contribution in [1.29, 1.82) is 5.26 Å². The molecule has 0 aliphatic rings. The molecule has 0 fully saturated rings. The quantitative estimate of drug-likeness (QED) is 0.254. The zero-order chi connectivity index (χ0) is 28.1. The van der Waals surface area contributed by atoms with Crippen LogP contribution >= 0.6 is 0 Å². The first kappa shape index (κ1) is 26.8. The highest BCUT2D eigenvalue weighted by Crippen LogP contribution is 2.34. The predicted molar refractivity (Wildman–Crippen MR) is 150 cm³/mol. The number of aromatic nitrogens is 2. The highest BCUT2D eigenvalue weighted by Gasteiger charge is 2.23. The molecule has 39 heavy (non-hydrogen) atoms. The maximum absolute atomic E-state index is 13.8. The third-order valence-electron chi connectivity index (χ3n) is 6.19. The largest absolute Gasteiger partial charge is 0.505 e. The highest BCUT2D eigenvalue weighted by atomic mass is 16.3. The van der Waals surface area contributed by atoms with Crippen molar-refractivity contribution in [1.82, 2.24) is 14.7 Å². The van der Waals surface area contributed by atoms with Gasteiger partial charge >= 0.3 is 0 Å². The number of rotatable bonds is 8. The summed E-state index contributed by atoms with van der Waals surface area (Å²) >= 11 is 0. The number of para-hydroxylation sites is 1. The first-order valence-corrected chi connectivity index (χ1v) is 12.3. The van der Waals surface area contributed by atoms with Crippen LogP contribution in [-0.4, -0.2) is 39.8 Å². The standard InChI is InChI=1S/C29H28N6O4/c1-4-22(19-11-7-5-8-12-19)31-24-25(29(39)35(33-27(24)37)20-13-9-6-10-14-20)32-23-16-18(17-30)15-21(26(23)36)28(38)34(2)3/h5-16,22,31-32,36H,4H2,1-3H3,(H,33,37). The zero-order valence-corrected chi connectivity index (χ0v) is 21.7. The van der Waals surface area contributed by atoms with Gasteiger partial charge in [0, 0.05) is 14.1 Å². The van der Waals surface area contributed by atoms with Crippen molar-refractivity contribution in [3.63, 3.8) is 0 Å². The summed E-state index contributed by atoms with van der Waals surface area (Å²) in [4.78, 5) is 41.2. The summed E-state index contributed by atoms with van der Waals surface area (Å²) in [5.41, 5.74) is -0.204. The molecular formula is C29H28N6O4. The number of aromatic amines is 1. The number of nitrogens with zero attached hydrogens (tertiary/aromatic N) is 3. The van der Waals surface area contributed by atoms with Gasteiger partial charge in [0.1, 0.15) is 11.4 Å². The lowest BCUT2D eigenvalue weighted by Gasteiger charge is -2.22. The fourth-order valence-corrected chi connectivity index (χ4v) is 4.17. The molecule has 1 aromatic heterocycles. The monoisotopic (exact) mass is 524 g/mol. The minimum absolute atomic E-state index is 0.0508. The molecule has 1 atom stereocenters. The van der Waals surface area contributed by atoms with E-state index in [9.17, 15) is 24.8 Å². The Kier molecular flexibility index (Phi) is 7.82. The average molecular weight is 525 g/mol. The Morgan fingerprint density at radius 3 is 2.28 bits per heavy atom. The summed E-state index contributed by atoms with van der Waals surface area (Å²) in [6, 6.07) is 22.3. The van der Waals surface area contributed by atoms with Gasteiger partial charge in [0.2, 0.25) is 0 Å². The number of phenolic OH excluding ortho intramolecular Hbond substituents is 1. The molecule has 0 aliphatic heterocycles. The second-order valence-corrected chi connectivity index (χ2v) is 9.04. The van der Waals surface area contributed by atoms with Crippen molar-refractivity contribution in [3.8, 4) is 17.5 Å². The molecule has 0 saturated carbocycles. The van der Waals surface area contributed by atoms with E-state index < -0.39 is 22.8 Å². The number of aromatic hydroxyl groups is 1. The maximum Gasteiger partial charge on any atom is 0.295 e. The van der Waals surface area contributed by atoms with Gasteiger partial charge in [-0.1, -0.05) is 55.5 Å². The fourth-order valence-electron chi connectivity index (χ4n) is 4.17. The average Bonchev–Trinajstić information content (AvgIpc) is 2.96. The number of phenols is 1. The molecule has 4 N–H and O–H groups in total. The third kappa shape index (κ3) is 5.52. The SMILES string of the molecule is CCC(Nc1c(Nc2cc(C#N)cc(C(=O)N(C)C)c2O)c(=O)n(-c2ccccc2)[nH]c1=O)c1ccccc1. The number of nitriles is 1. The minimum atomic E-state index is -0.617. The molecule has 10 heteroatoms. The van der Waals surface area contributed by atoms with E-state index in [0.29, 0.717) is 12.1 Å². The van der Waals surface area contributed by atoms with E-state index in [1.54, 1.807) is 30.3 Å². The van der Waals surface area contributed by atoms with Crippen LogP contribution in [0.4, 0.5) is 17.1 Å². The van der Waals surface area contributed by atoms with Crippen molar-refractivity contribution < 1.29 is 9.90 Å². The Bertz CT molecular complexity index is 1650. The normalized spacial score (nSPS) is 11.3. The van der Waals surface area contributed by atoms with Gasteiger partial charge in [-0.25, -0.2) is 4.68 Å². The Morgan fingerprint density at radius 1 is 1.05 bits per heavy atom.